The third-order valence-electron chi connectivity index (χ3n) is 2.30. The second-order valence-electron chi connectivity index (χ2n) is 4.63. The van der Waals surface area contributed by atoms with Gasteiger partial charge in [-0.15, -0.1) is 0 Å². The van der Waals surface area contributed by atoms with Gasteiger partial charge in [0.05, 0.1) is 0 Å². The Kier molecular flexibility index (Phi) is 2.82. The molecule has 0 atom stereocenters. The maximum atomic E-state index is 4.49. The van der Waals surface area contributed by atoms with E-state index >= 15 is 0 Å². The van der Waals surface area contributed by atoms with Crippen LogP contribution in [-0.2, 0) is 0 Å². The van der Waals surface area contributed by atoms with Crippen LogP contribution in [0.1, 0.15) is 0 Å². The van der Waals surface area contributed by atoms with Gasteiger partial charge >= 0.3 is 94.2 Å². The number of rotatable bonds is 2. The second kappa shape index (κ2) is 3.96. The zero-order valence-corrected chi connectivity index (χ0v) is 12.2. The van der Waals surface area contributed by atoms with E-state index in [1.807, 2.05) is 29.2 Å². The predicted octanol–water partition coefficient (Wildman–Crippen LogP) is 1.81. The number of pyridine rings is 1. The van der Waals surface area contributed by atoms with Gasteiger partial charge in [-0.25, -0.2) is 0 Å². The summed E-state index contributed by atoms with van der Waals surface area (Å²) in [5.74, 6) is 0. The van der Waals surface area contributed by atoms with E-state index in [1.165, 1.54) is 3.71 Å². The Labute approximate surface area is 94.1 Å². The molecule has 4 heteroatoms. The van der Waals surface area contributed by atoms with Gasteiger partial charge in [0.15, 0.2) is 0 Å². The Bertz CT molecular complexity index is 442. The summed E-state index contributed by atoms with van der Waals surface area (Å²) in [6.07, 6.45) is 7.66. The number of aromatic nitrogens is 3. The Hall–Kier alpha value is -0.841. The predicted molar refractivity (Wildman–Crippen MR) is 64.3 cm³/mol. The Balaban J connectivity index is 2.37. The molecule has 0 saturated heterocycles. The van der Waals surface area contributed by atoms with Crippen LogP contribution < -0.4 is 3.71 Å². The van der Waals surface area contributed by atoms with Crippen molar-refractivity contribution in [3.63, 3.8) is 0 Å². The Morgan fingerprint density at radius 3 is 2.60 bits per heavy atom. The molecule has 2 rings (SSSR count). The molecule has 2 heterocycles. The first-order valence-electron chi connectivity index (χ1n) is 5.02. The molecular weight excluding hydrogens is 293 g/mol. The van der Waals surface area contributed by atoms with Gasteiger partial charge < -0.3 is 0 Å². The van der Waals surface area contributed by atoms with E-state index < -0.39 is 18.4 Å². The number of hydrogen-bond donors (Lipinski definition) is 0. The molecule has 0 amide bonds. The van der Waals surface area contributed by atoms with Gasteiger partial charge in [0.1, 0.15) is 0 Å². The first-order valence-corrected chi connectivity index (χ1v) is 15.0. The van der Waals surface area contributed by atoms with E-state index in [0.29, 0.717) is 0 Å². The molecule has 2 aromatic rings. The fraction of sp³-hybridized carbons (Fsp3) is 0.273. The van der Waals surface area contributed by atoms with Crippen LogP contribution in [0.5, 0.6) is 0 Å². The molecule has 0 unspecified atom stereocenters. The summed E-state index contributed by atoms with van der Waals surface area (Å²) in [5, 5.41) is 0. The quantitative estimate of drug-likeness (QED) is 0.792. The zero-order chi connectivity index (χ0) is 10.9. The van der Waals surface area contributed by atoms with E-state index in [-0.39, 0.29) is 0 Å². The van der Waals surface area contributed by atoms with Crippen LogP contribution in [0.25, 0.3) is 5.69 Å². The van der Waals surface area contributed by atoms with E-state index in [9.17, 15) is 0 Å². The van der Waals surface area contributed by atoms with Crippen molar-refractivity contribution in [1.82, 2.24) is 14.5 Å². The van der Waals surface area contributed by atoms with Crippen molar-refractivity contribution < 1.29 is 0 Å². The van der Waals surface area contributed by atoms with E-state index in [2.05, 4.69) is 31.0 Å². The SMILES string of the molecule is [CH3][Sn]([CH3])([CH3])[c]1cn(-c2cccnc2)cn1. The Morgan fingerprint density at radius 2 is 2.07 bits per heavy atom. The monoisotopic (exact) mass is 309 g/mol. The topological polar surface area (TPSA) is 30.7 Å². The molecule has 0 N–H and O–H groups in total. The van der Waals surface area contributed by atoms with Crippen LogP contribution in [0, 0.1) is 0 Å². The van der Waals surface area contributed by atoms with Crippen LogP contribution >= 0.6 is 0 Å². The third-order valence-corrected chi connectivity index (χ3v) is 7.42. The van der Waals surface area contributed by atoms with Crippen LogP contribution in [-0.4, -0.2) is 32.9 Å². The average molecular weight is 308 g/mol. The molecule has 0 fully saturated rings. The molecule has 0 aliphatic heterocycles. The fourth-order valence-corrected chi connectivity index (χ4v) is 4.13. The van der Waals surface area contributed by atoms with Crippen molar-refractivity contribution in [3.05, 3.63) is 37.1 Å². The van der Waals surface area contributed by atoms with Crippen molar-refractivity contribution in [2.24, 2.45) is 0 Å². The van der Waals surface area contributed by atoms with Crippen molar-refractivity contribution in [3.8, 4) is 5.69 Å². The van der Waals surface area contributed by atoms with Crippen LogP contribution in [0.3, 0.4) is 0 Å². The molecule has 3 nitrogen and oxygen atoms in total. The summed E-state index contributed by atoms with van der Waals surface area (Å²) in [6.45, 7) is 0. The van der Waals surface area contributed by atoms with Crippen molar-refractivity contribution in [1.29, 1.82) is 0 Å². The number of nitrogens with zero attached hydrogens (tertiary/aromatic N) is 3. The van der Waals surface area contributed by atoms with E-state index in [4.69, 9.17) is 0 Å². The van der Waals surface area contributed by atoms with Gasteiger partial charge in [0.25, 0.3) is 0 Å². The van der Waals surface area contributed by atoms with Crippen LogP contribution in [0.2, 0.25) is 14.8 Å². The standard InChI is InChI=1S/C8H6N3.3CH3.Sn/c1-2-8(6-9-3-1)11-5-4-10-7-11;;;;/h1-3,5-7H;3*1H3;. The second-order valence-corrected chi connectivity index (χ2v) is 18.9. The molecule has 0 aromatic carbocycles. The zero-order valence-electron chi connectivity index (χ0n) is 9.31. The minimum atomic E-state index is -2.01. The molecule has 0 saturated carbocycles. The van der Waals surface area contributed by atoms with Crippen molar-refractivity contribution in [2.75, 3.05) is 0 Å². The van der Waals surface area contributed by atoms with Crippen molar-refractivity contribution in [2.45, 2.75) is 14.8 Å². The molecule has 0 spiro atoms. The molecule has 0 radical (unpaired) electrons. The molecule has 15 heavy (non-hydrogen) atoms. The number of hydrogen-bond acceptors (Lipinski definition) is 2. The minimum absolute atomic E-state index is 1.08. The van der Waals surface area contributed by atoms with Gasteiger partial charge in [0, 0.05) is 0 Å². The molecule has 78 valence electrons. The third kappa shape index (κ3) is 2.39. The van der Waals surface area contributed by atoms with Crippen LogP contribution in [0.4, 0.5) is 0 Å². The molecule has 0 aliphatic carbocycles. The van der Waals surface area contributed by atoms with E-state index in [0.717, 1.165) is 5.69 Å². The first-order chi connectivity index (χ1) is 7.07. The van der Waals surface area contributed by atoms with Gasteiger partial charge in [-0.3, -0.25) is 0 Å². The summed E-state index contributed by atoms with van der Waals surface area (Å²) in [6, 6.07) is 3.98. The van der Waals surface area contributed by atoms with E-state index in [1.54, 1.807) is 6.20 Å². The van der Waals surface area contributed by atoms with Gasteiger partial charge in [-0.2, -0.15) is 0 Å². The van der Waals surface area contributed by atoms with Gasteiger partial charge in [-0.1, -0.05) is 0 Å². The summed E-state index contributed by atoms with van der Waals surface area (Å²) in [7, 11) is 0. The van der Waals surface area contributed by atoms with Crippen molar-refractivity contribution >= 4 is 22.1 Å². The summed E-state index contributed by atoms with van der Waals surface area (Å²) >= 11 is -2.01. The average Bonchev–Trinajstić information content (AvgIpc) is 2.67. The maximum absolute atomic E-state index is 4.49. The normalized spacial score (nSPS) is 11.7. The number of imidazole rings is 1. The van der Waals surface area contributed by atoms with Gasteiger partial charge in [-0.05, 0) is 0 Å². The summed E-state index contributed by atoms with van der Waals surface area (Å²) < 4.78 is 3.35. The molecular formula is C11H15N3Sn. The Morgan fingerprint density at radius 1 is 1.27 bits per heavy atom. The van der Waals surface area contributed by atoms with Crippen LogP contribution in [0.15, 0.2) is 37.1 Å². The summed E-state index contributed by atoms with van der Waals surface area (Å²) in [5.41, 5.74) is 1.08. The molecule has 0 aliphatic rings. The molecule has 0 bridgehead atoms. The fourth-order valence-electron chi connectivity index (χ4n) is 1.36. The molecule has 2 aromatic heterocycles. The van der Waals surface area contributed by atoms with Gasteiger partial charge in [0.2, 0.25) is 0 Å². The first kappa shape index (κ1) is 10.7. The summed E-state index contributed by atoms with van der Waals surface area (Å²) in [4.78, 5) is 15.7.